The van der Waals surface area contributed by atoms with E-state index in [-0.39, 0.29) is 5.69 Å². The summed E-state index contributed by atoms with van der Waals surface area (Å²) in [5.41, 5.74) is 1.29. The third-order valence-corrected chi connectivity index (χ3v) is 2.41. The van der Waals surface area contributed by atoms with Gasteiger partial charge in [-0.05, 0) is 11.5 Å². The average Bonchev–Trinajstić information content (AvgIpc) is 2.67. The molecule has 1 aromatic heterocycles. The Bertz CT molecular complexity index is 453. The molecule has 0 aliphatic carbocycles. The number of aromatic nitrogens is 1. The van der Waals surface area contributed by atoms with E-state index in [4.69, 9.17) is 0 Å². The molecule has 70 valence electrons. The van der Waals surface area contributed by atoms with Gasteiger partial charge in [0.15, 0.2) is 5.69 Å². The number of nitrogens with zero attached hydrogens (tertiary/aromatic N) is 2. The molecule has 0 bridgehead atoms. The first-order chi connectivity index (χ1) is 6.79. The molecule has 0 atom stereocenters. The van der Waals surface area contributed by atoms with Gasteiger partial charge < -0.3 is 0 Å². The van der Waals surface area contributed by atoms with E-state index in [1.807, 2.05) is 30.3 Å². The lowest BCUT2D eigenvalue weighted by atomic mass is 10.1. The molecule has 0 radical (unpaired) electrons. The van der Waals surface area contributed by atoms with Crippen LogP contribution < -0.4 is 0 Å². The van der Waals surface area contributed by atoms with Gasteiger partial charge in [-0.1, -0.05) is 30.3 Å². The van der Waals surface area contributed by atoms with Crippen LogP contribution in [0.25, 0.3) is 11.3 Å². The zero-order chi connectivity index (χ0) is 9.97. The van der Waals surface area contributed by atoms with Crippen LogP contribution in [0.1, 0.15) is 0 Å². The first kappa shape index (κ1) is 8.83. The Labute approximate surface area is 84.1 Å². The van der Waals surface area contributed by atoms with Gasteiger partial charge in [0.05, 0.1) is 10.3 Å². The topological polar surface area (TPSA) is 56.0 Å². The Hall–Kier alpha value is -1.75. The standard InChI is InChI=1S/C9H6N2O2S/c12-11(13)8-6-14-10-9(8)7-4-2-1-3-5-7/h1-6H. The summed E-state index contributed by atoms with van der Waals surface area (Å²) in [4.78, 5) is 10.2. The van der Waals surface area contributed by atoms with Crippen LogP contribution >= 0.6 is 11.5 Å². The van der Waals surface area contributed by atoms with Crippen molar-refractivity contribution in [2.24, 2.45) is 0 Å². The van der Waals surface area contributed by atoms with Gasteiger partial charge in [0, 0.05) is 5.56 Å². The van der Waals surface area contributed by atoms with Crippen molar-refractivity contribution >= 4 is 17.2 Å². The summed E-state index contributed by atoms with van der Waals surface area (Å²) in [6.07, 6.45) is 0. The minimum absolute atomic E-state index is 0.0706. The van der Waals surface area contributed by atoms with E-state index >= 15 is 0 Å². The van der Waals surface area contributed by atoms with Crippen LogP contribution in [0.2, 0.25) is 0 Å². The third kappa shape index (κ3) is 1.49. The van der Waals surface area contributed by atoms with Crippen LogP contribution in [-0.2, 0) is 0 Å². The maximum absolute atomic E-state index is 10.6. The van der Waals surface area contributed by atoms with Crippen LogP contribution in [0.4, 0.5) is 5.69 Å². The van der Waals surface area contributed by atoms with E-state index in [2.05, 4.69) is 4.37 Å². The van der Waals surface area contributed by atoms with E-state index in [9.17, 15) is 10.1 Å². The highest BCUT2D eigenvalue weighted by atomic mass is 32.1. The van der Waals surface area contributed by atoms with Crippen molar-refractivity contribution in [3.8, 4) is 11.3 Å². The Morgan fingerprint density at radius 2 is 2.00 bits per heavy atom. The largest absolute Gasteiger partial charge is 0.307 e. The highest BCUT2D eigenvalue weighted by molar-refractivity contribution is 7.04. The summed E-state index contributed by atoms with van der Waals surface area (Å²) in [5.74, 6) is 0. The molecule has 0 saturated carbocycles. The second kappa shape index (κ2) is 3.55. The van der Waals surface area contributed by atoms with E-state index in [1.165, 1.54) is 5.38 Å². The summed E-state index contributed by atoms with van der Waals surface area (Å²) in [5, 5.41) is 12.1. The third-order valence-electron chi connectivity index (χ3n) is 1.79. The Morgan fingerprint density at radius 3 is 2.64 bits per heavy atom. The SMILES string of the molecule is O=[N+]([O-])c1csnc1-c1ccccc1. The first-order valence-corrected chi connectivity index (χ1v) is 4.77. The predicted molar refractivity (Wildman–Crippen MR) is 54.2 cm³/mol. The van der Waals surface area contributed by atoms with E-state index in [0.29, 0.717) is 5.69 Å². The molecule has 0 N–H and O–H groups in total. The van der Waals surface area contributed by atoms with Crippen molar-refractivity contribution in [1.82, 2.24) is 4.37 Å². The van der Waals surface area contributed by atoms with Gasteiger partial charge in [0.25, 0.3) is 0 Å². The Morgan fingerprint density at radius 1 is 1.29 bits per heavy atom. The van der Waals surface area contributed by atoms with Crippen molar-refractivity contribution in [2.75, 3.05) is 0 Å². The van der Waals surface area contributed by atoms with Gasteiger partial charge in [0.2, 0.25) is 0 Å². The molecule has 0 amide bonds. The van der Waals surface area contributed by atoms with E-state index in [0.717, 1.165) is 17.1 Å². The van der Waals surface area contributed by atoms with Gasteiger partial charge >= 0.3 is 5.69 Å². The van der Waals surface area contributed by atoms with Gasteiger partial charge in [-0.3, -0.25) is 10.1 Å². The second-order valence-corrected chi connectivity index (χ2v) is 3.30. The molecule has 0 fully saturated rings. The van der Waals surface area contributed by atoms with Gasteiger partial charge in [-0.15, -0.1) is 0 Å². The monoisotopic (exact) mass is 206 g/mol. The minimum atomic E-state index is -0.411. The van der Waals surface area contributed by atoms with Crippen molar-refractivity contribution in [3.63, 3.8) is 0 Å². The fourth-order valence-corrected chi connectivity index (χ4v) is 1.81. The fraction of sp³-hybridized carbons (Fsp3) is 0. The van der Waals surface area contributed by atoms with Gasteiger partial charge in [-0.2, -0.15) is 4.37 Å². The molecule has 0 unspecified atom stereocenters. The lowest BCUT2D eigenvalue weighted by molar-refractivity contribution is -0.383. The smallest absolute Gasteiger partial charge is 0.258 e. The summed E-state index contributed by atoms with van der Waals surface area (Å²) in [7, 11) is 0. The molecule has 1 heterocycles. The lowest BCUT2D eigenvalue weighted by Crippen LogP contribution is -1.88. The number of hydrogen-bond acceptors (Lipinski definition) is 4. The summed E-state index contributed by atoms with van der Waals surface area (Å²) < 4.78 is 4.01. The highest BCUT2D eigenvalue weighted by Gasteiger charge is 2.17. The highest BCUT2D eigenvalue weighted by Crippen LogP contribution is 2.29. The van der Waals surface area contributed by atoms with Crippen molar-refractivity contribution in [2.45, 2.75) is 0 Å². The van der Waals surface area contributed by atoms with Crippen molar-refractivity contribution < 1.29 is 4.92 Å². The number of rotatable bonds is 2. The van der Waals surface area contributed by atoms with Gasteiger partial charge in [0.1, 0.15) is 0 Å². The maximum Gasteiger partial charge on any atom is 0.307 e. The van der Waals surface area contributed by atoms with Crippen LogP contribution in [0.15, 0.2) is 35.7 Å². The molecule has 4 nitrogen and oxygen atoms in total. The molecule has 1 aromatic carbocycles. The molecule has 0 aliphatic heterocycles. The molecule has 2 rings (SSSR count). The van der Waals surface area contributed by atoms with E-state index in [1.54, 1.807) is 0 Å². The normalized spacial score (nSPS) is 10.0. The molecular formula is C9H6N2O2S. The Balaban J connectivity index is 2.52. The average molecular weight is 206 g/mol. The molecular weight excluding hydrogens is 200 g/mol. The zero-order valence-corrected chi connectivity index (χ0v) is 7.90. The number of benzene rings is 1. The maximum atomic E-state index is 10.6. The first-order valence-electron chi connectivity index (χ1n) is 3.93. The summed E-state index contributed by atoms with van der Waals surface area (Å²) in [6.45, 7) is 0. The molecule has 0 spiro atoms. The van der Waals surface area contributed by atoms with Crippen LogP contribution in [-0.4, -0.2) is 9.30 Å². The predicted octanol–water partition coefficient (Wildman–Crippen LogP) is 2.72. The number of nitro groups is 1. The Kier molecular flexibility index (Phi) is 2.24. The zero-order valence-electron chi connectivity index (χ0n) is 7.08. The molecule has 5 heteroatoms. The second-order valence-electron chi connectivity index (χ2n) is 2.67. The van der Waals surface area contributed by atoms with E-state index < -0.39 is 4.92 Å². The quantitative estimate of drug-likeness (QED) is 0.560. The fourth-order valence-electron chi connectivity index (χ4n) is 1.16. The van der Waals surface area contributed by atoms with Crippen LogP contribution in [0.3, 0.4) is 0 Å². The van der Waals surface area contributed by atoms with Gasteiger partial charge in [-0.25, -0.2) is 0 Å². The number of hydrogen-bond donors (Lipinski definition) is 0. The summed E-state index contributed by atoms with van der Waals surface area (Å²) in [6, 6.07) is 9.14. The minimum Gasteiger partial charge on any atom is -0.258 e. The summed E-state index contributed by atoms with van der Waals surface area (Å²) >= 11 is 1.10. The molecule has 14 heavy (non-hydrogen) atoms. The molecule has 2 aromatic rings. The lowest BCUT2D eigenvalue weighted by Gasteiger charge is -1.94. The van der Waals surface area contributed by atoms with Crippen LogP contribution in [0, 0.1) is 10.1 Å². The van der Waals surface area contributed by atoms with Crippen molar-refractivity contribution in [3.05, 3.63) is 45.8 Å². The molecule has 0 saturated heterocycles. The van der Waals surface area contributed by atoms with Crippen molar-refractivity contribution in [1.29, 1.82) is 0 Å². The van der Waals surface area contributed by atoms with Crippen LogP contribution in [0.5, 0.6) is 0 Å². The molecule has 0 aliphatic rings.